The van der Waals surface area contributed by atoms with Crippen LogP contribution in [0.3, 0.4) is 0 Å². The second-order valence-electron chi connectivity index (χ2n) is 4.01. The lowest BCUT2D eigenvalue weighted by molar-refractivity contribution is 0.220. The van der Waals surface area contributed by atoms with Crippen molar-refractivity contribution in [3.63, 3.8) is 0 Å². The highest BCUT2D eigenvalue weighted by Crippen LogP contribution is 2.33. The van der Waals surface area contributed by atoms with Crippen molar-refractivity contribution in [1.82, 2.24) is 4.98 Å². The van der Waals surface area contributed by atoms with E-state index in [1.165, 1.54) is 11.3 Å². The average Bonchev–Trinajstić information content (AvgIpc) is 3.07. The number of aromatic nitrogens is 1. The van der Waals surface area contributed by atoms with E-state index in [4.69, 9.17) is 0 Å². The number of hydrogen-bond acceptors (Lipinski definition) is 4. The van der Waals surface area contributed by atoms with Crippen LogP contribution < -0.4 is 0 Å². The molecule has 0 saturated carbocycles. The SMILES string of the molecule is OC(c1ccccc1)c1nc(-c2cc(Br)cs2)cs1. The first kappa shape index (κ1) is 13.0. The van der Waals surface area contributed by atoms with E-state index in [0.29, 0.717) is 0 Å². The quantitative estimate of drug-likeness (QED) is 0.740. The fourth-order valence-corrected chi connectivity index (χ4v) is 4.04. The number of benzene rings is 1. The third kappa shape index (κ3) is 2.79. The summed E-state index contributed by atoms with van der Waals surface area (Å²) < 4.78 is 1.06. The van der Waals surface area contributed by atoms with Crippen molar-refractivity contribution in [3.05, 3.63) is 62.2 Å². The Bertz CT molecular complexity index is 678. The number of thiophene rings is 1. The summed E-state index contributed by atoms with van der Waals surface area (Å²) in [5.41, 5.74) is 1.79. The Kier molecular flexibility index (Phi) is 3.79. The molecule has 1 atom stereocenters. The highest BCUT2D eigenvalue weighted by atomic mass is 79.9. The number of thiazole rings is 1. The van der Waals surface area contributed by atoms with Crippen molar-refractivity contribution in [3.8, 4) is 10.6 Å². The maximum absolute atomic E-state index is 10.3. The molecule has 3 aromatic rings. The number of aliphatic hydroxyl groups excluding tert-OH is 1. The lowest BCUT2D eigenvalue weighted by Gasteiger charge is -2.06. The van der Waals surface area contributed by atoms with Crippen molar-refractivity contribution in [2.75, 3.05) is 0 Å². The van der Waals surface area contributed by atoms with Gasteiger partial charge in [0.15, 0.2) is 0 Å². The molecule has 3 rings (SSSR count). The zero-order valence-corrected chi connectivity index (χ0v) is 13.0. The Hall–Kier alpha value is -1.01. The molecule has 0 aliphatic carbocycles. The van der Waals surface area contributed by atoms with E-state index >= 15 is 0 Å². The van der Waals surface area contributed by atoms with E-state index in [9.17, 15) is 5.11 Å². The van der Waals surface area contributed by atoms with E-state index in [0.717, 1.165) is 25.6 Å². The summed E-state index contributed by atoms with van der Waals surface area (Å²) >= 11 is 6.56. The molecule has 1 unspecified atom stereocenters. The highest BCUT2D eigenvalue weighted by molar-refractivity contribution is 9.10. The van der Waals surface area contributed by atoms with Gasteiger partial charge in [-0.2, -0.15) is 0 Å². The normalized spacial score (nSPS) is 12.5. The van der Waals surface area contributed by atoms with Gasteiger partial charge in [-0.05, 0) is 27.6 Å². The maximum Gasteiger partial charge on any atom is 0.131 e. The average molecular weight is 352 g/mol. The van der Waals surface area contributed by atoms with Crippen LogP contribution in [0.25, 0.3) is 10.6 Å². The zero-order valence-electron chi connectivity index (χ0n) is 9.79. The molecule has 0 aliphatic rings. The van der Waals surface area contributed by atoms with Crippen molar-refractivity contribution in [2.24, 2.45) is 0 Å². The van der Waals surface area contributed by atoms with Gasteiger partial charge in [-0.25, -0.2) is 4.98 Å². The van der Waals surface area contributed by atoms with Crippen LogP contribution in [0.5, 0.6) is 0 Å². The number of nitrogens with zero attached hydrogens (tertiary/aromatic N) is 1. The minimum Gasteiger partial charge on any atom is -0.381 e. The molecule has 1 N–H and O–H groups in total. The van der Waals surface area contributed by atoms with Crippen molar-refractivity contribution < 1.29 is 5.11 Å². The molecule has 0 saturated heterocycles. The Balaban J connectivity index is 1.89. The Morgan fingerprint density at radius 2 is 1.89 bits per heavy atom. The topological polar surface area (TPSA) is 33.1 Å². The summed E-state index contributed by atoms with van der Waals surface area (Å²) in [4.78, 5) is 5.63. The van der Waals surface area contributed by atoms with Gasteiger partial charge in [-0.1, -0.05) is 30.3 Å². The molecule has 0 spiro atoms. The minimum atomic E-state index is -0.650. The fraction of sp³-hybridized carbons (Fsp3) is 0.0714. The predicted octanol–water partition coefficient (Wildman–Crippen LogP) is 4.72. The van der Waals surface area contributed by atoms with E-state index in [2.05, 4.69) is 20.9 Å². The van der Waals surface area contributed by atoms with Crippen molar-refractivity contribution >= 4 is 38.6 Å². The molecule has 5 heteroatoms. The molecule has 2 nitrogen and oxygen atoms in total. The molecular formula is C14H10BrNOS2. The van der Waals surface area contributed by atoms with Crippen LogP contribution in [0.1, 0.15) is 16.7 Å². The Morgan fingerprint density at radius 1 is 1.11 bits per heavy atom. The smallest absolute Gasteiger partial charge is 0.131 e. The van der Waals surface area contributed by atoms with Gasteiger partial charge in [0, 0.05) is 15.2 Å². The Morgan fingerprint density at radius 3 is 2.58 bits per heavy atom. The third-order valence-electron chi connectivity index (χ3n) is 2.69. The van der Waals surface area contributed by atoms with Crippen LogP contribution >= 0.6 is 38.6 Å². The number of hydrogen-bond donors (Lipinski definition) is 1. The van der Waals surface area contributed by atoms with Gasteiger partial charge in [-0.3, -0.25) is 0 Å². The summed E-state index contributed by atoms with van der Waals surface area (Å²) in [5, 5.41) is 15.0. The van der Waals surface area contributed by atoms with Gasteiger partial charge in [0.05, 0.1) is 10.6 Å². The third-order valence-corrected chi connectivity index (χ3v) is 5.30. The molecule has 19 heavy (non-hydrogen) atoms. The molecule has 0 amide bonds. The highest BCUT2D eigenvalue weighted by Gasteiger charge is 2.15. The standard InChI is InChI=1S/C14H10BrNOS2/c15-10-6-12(18-7-10)11-8-19-14(16-11)13(17)9-4-2-1-3-5-9/h1-8,13,17H. The first-order valence-corrected chi connectivity index (χ1v) is 8.22. The minimum absolute atomic E-state index is 0.650. The Labute approximate surface area is 127 Å². The van der Waals surface area contributed by atoms with Crippen LogP contribution in [0.15, 0.2) is 51.6 Å². The second-order valence-corrected chi connectivity index (χ2v) is 6.73. The van der Waals surface area contributed by atoms with Gasteiger partial charge in [0.2, 0.25) is 0 Å². The van der Waals surface area contributed by atoms with Crippen LogP contribution in [-0.4, -0.2) is 10.1 Å². The van der Waals surface area contributed by atoms with Gasteiger partial charge in [0.25, 0.3) is 0 Å². The predicted molar refractivity (Wildman–Crippen MR) is 83.6 cm³/mol. The zero-order chi connectivity index (χ0) is 13.2. The van der Waals surface area contributed by atoms with Crippen LogP contribution in [0, 0.1) is 0 Å². The molecule has 0 bridgehead atoms. The van der Waals surface area contributed by atoms with E-state index in [-0.39, 0.29) is 0 Å². The lowest BCUT2D eigenvalue weighted by Crippen LogP contribution is -1.98. The van der Waals surface area contributed by atoms with Gasteiger partial charge in [-0.15, -0.1) is 22.7 Å². The number of halogens is 1. The molecule has 0 radical (unpaired) electrons. The molecule has 0 fully saturated rings. The van der Waals surface area contributed by atoms with E-state index in [1.807, 2.05) is 47.2 Å². The largest absolute Gasteiger partial charge is 0.381 e. The van der Waals surface area contributed by atoms with Crippen LogP contribution in [-0.2, 0) is 0 Å². The van der Waals surface area contributed by atoms with Gasteiger partial charge in [0.1, 0.15) is 11.1 Å². The molecule has 1 aromatic carbocycles. The summed E-state index contributed by atoms with van der Waals surface area (Å²) in [5.74, 6) is 0. The molecule has 0 aliphatic heterocycles. The van der Waals surface area contributed by atoms with Gasteiger partial charge >= 0.3 is 0 Å². The summed E-state index contributed by atoms with van der Waals surface area (Å²) in [7, 11) is 0. The van der Waals surface area contributed by atoms with Gasteiger partial charge < -0.3 is 5.11 Å². The van der Waals surface area contributed by atoms with E-state index < -0.39 is 6.10 Å². The molecule has 2 aromatic heterocycles. The maximum atomic E-state index is 10.3. The number of aliphatic hydroxyl groups is 1. The molecular weight excluding hydrogens is 342 g/mol. The fourth-order valence-electron chi connectivity index (χ4n) is 1.75. The second kappa shape index (κ2) is 5.54. The lowest BCUT2D eigenvalue weighted by atomic mass is 10.1. The first-order valence-electron chi connectivity index (χ1n) is 5.67. The van der Waals surface area contributed by atoms with Crippen molar-refractivity contribution in [2.45, 2.75) is 6.10 Å². The monoisotopic (exact) mass is 351 g/mol. The van der Waals surface area contributed by atoms with Crippen molar-refractivity contribution in [1.29, 1.82) is 0 Å². The summed E-state index contributed by atoms with van der Waals surface area (Å²) in [6.07, 6.45) is -0.650. The molecule has 2 heterocycles. The summed E-state index contributed by atoms with van der Waals surface area (Å²) in [6.45, 7) is 0. The van der Waals surface area contributed by atoms with Crippen LogP contribution in [0.2, 0.25) is 0 Å². The molecule has 96 valence electrons. The first-order chi connectivity index (χ1) is 9.24. The summed E-state index contributed by atoms with van der Waals surface area (Å²) in [6, 6.07) is 11.6. The van der Waals surface area contributed by atoms with E-state index in [1.54, 1.807) is 11.3 Å². The number of rotatable bonds is 3. The van der Waals surface area contributed by atoms with Crippen LogP contribution in [0.4, 0.5) is 0 Å².